The van der Waals surface area contributed by atoms with Gasteiger partial charge in [0.25, 0.3) is 5.91 Å². The van der Waals surface area contributed by atoms with Gasteiger partial charge in [-0.1, -0.05) is 6.42 Å². The van der Waals surface area contributed by atoms with Crippen molar-refractivity contribution in [1.82, 2.24) is 20.9 Å². The van der Waals surface area contributed by atoms with Crippen LogP contribution in [-0.4, -0.2) is 85.4 Å². The zero-order chi connectivity index (χ0) is 28.1. The molecule has 2 aliphatic rings. The predicted octanol–water partition coefficient (Wildman–Crippen LogP) is 1.53. The van der Waals surface area contributed by atoms with Gasteiger partial charge in [-0.05, 0) is 38.0 Å². The molecule has 1 saturated heterocycles. The van der Waals surface area contributed by atoms with Gasteiger partial charge in [-0.2, -0.15) is 13.2 Å². The van der Waals surface area contributed by atoms with E-state index in [4.69, 9.17) is 0 Å². The first-order chi connectivity index (χ1) is 17.1. The number of hydrogen-bond donors (Lipinski definition) is 3. The van der Waals surface area contributed by atoms with Crippen molar-refractivity contribution in [3.8, 4) is 0 Å². The number of ketones is 1. The molecule has 1 heterocycles. The Balaban J connectivity index is 2.33. The standard InChI is InChI=1S/C22H31F5N4O6/c1-21(23,24)8-7-13(16(32)18(34)28-2)29-17(33)15-12-6-4-5-11(12)10-31(15)19(35)14(9-22(25,26)27)30-20(36)37-3/h11-15H,4-10H2,1-3H3,(H,28,34)(H,29,33)(H,30,36)/t11-,12-,13-,14-,15-/m0/s1. The van der Waals surface area contributed by atoms with Crippen molar-refractivity contribution in [1.29, 1.82) is 0 Å². The molecule has 5 atom stereocenters. The van der Waals surface area contributed by atoms with Gasteiger partial charge in [0.1, 0.15) is 12.1 Å². The molecule has 37 heavy (non-hydrogen) atoms. The number of ether oxygens (including phenoxy) is 1. The fourth-order valence-corrected chi connectivity index (χ4v) is 4.91. The highest BCUT2D eigenvalue weighted by Crippen LogP contribution is 2.43. The maximum absolute atomic E-state index is 13.5. The highest BCUT2D eigenvalue weighted by Gasteiger charge is 2.52. The number of Topliss-reactive ketones (excluding diaryl/α,β-unsaturated/α-hetero) is 1. The number of carbonyl (C=O) groups is 5. The fraction of sp³-hybridized carbons (Fsp3) is 0.773. The topological polar surface area (TPSA) is 134 Å². The third-order valence-electron chi connectivity index (χ3n) is 6.61. The number of rotatable bonds is 10. The highest BCUT2D eigenvalue weighted by molar-refractivity contribution is 6.38. The number of halogens is 5. The summed E-state index contributed by atoms with van der Waals surface area (Å²) in [5, 5.41) is 6.18. The summed E-state index contributed by atoms with van der Waals surface area (Å²) in [4.78, 5) is 63.4. The molecular formula is C22H31F5N4O6. The summed E-state index contributed by atoms with van der Waals surface area (Å²) in [6.45, 7) is 0.533. The Bertz CT molecular complexity index is 894. The molecule has 1 saturated carbocycles. The van der Waals surface area contributed by atoms with Crippen LogP contribution in [0.2, 0.25) is 0 Å². The first kappa shape index (κ1) is 30.2. The lowest BCUT2D eigenvalue weighted by atomic mass is 9.92. The number of fused-ring (bicyclic) bond motifs is 1. The van der Waals surface area contributed by atoms with Gasteiger partial charge in [-0.15, -0.1) is 0 Å². The molecule has 3 N–H and O–H groups in total. The summed E-state index contributed by atoms with van der Waals surface area (Å²) in [7, 11) is 2.05. The van der Waals surface area contributed by atoms with E-state index in [1.54, 1.807) is 0 Å². The van der Waals surface area contributed by atoms with Crippen LogP contribution in [0.1, 0.15) is 45.4 Å². The first-order valence-electron chi connectivity index (χ1n) is 11.7. The van der Waals surface area contributed by atoms with Gasteiger partial charge in [0, 0.05) is 20.0 Å². The minimum Gasteiger partial charge on any atom is -0.453 e. The quantitative estimate of drug-likeness (QED) is 0.283. The summed E-state index contributed by atoms with van der Waals surface area (Å²) in [5.41, 5.74) is 0. The van der Waals surface area contributed by atoms with Gasteiger partial charge < -0.3 is 25.6 Å². The Hall–Kier alpha value is -3.00. The number of alkyl carbamates (subject to hydrolysis) is 1. The van der Waals surface area contributed by atoms with Crippen LogP contribution in [0.3, 0.4) is 0 Å². The van der Waals surface area contributed by atoms with Gasteiger partial charge in [0.2, 0.25) is 23.5 Å². The van der Waals surface area contributed by atoms with Crippen molar-refractivity contribution in [3.05, 3.63) is 0 Å². The van der Waals surface area contributed by atoms with E-state index in [-0.39, 0.29) is 12.5 Å². The lowest BCUT2D eigenvalue weighted by Crippen LogP contribution is -2.58. The number of alkyl halides is 5. The molecular weight excluding hydrogens is 511 g/mol. The normalized spacial score (nSPS) is 23.0. The Kier molecular flexibility index (Phi) is 9.83. The zero-order valence-electron chi connectivity index (χ0n) is 20.6. The van der Waals surface area contributed by atoms with Crippen LogP contribution < -0.4 is 16.0 Å². The second-order valence-electron chi connectivity index (χ2n) is 9.41. The molecule has 2 rings (SSSR count). The molecule has 10 nitrogen and oxygen atoms in total. The third-order valence-corrected chi connectivity index (χ3v) is 6.61. The Morgan fingerprint density at radius 2 is 1.68 bits per heavy atom. The van der Waals surface area contributed by atoms with E-state index in [0.717, 1.165) is 19.1 Å². The van der Waals surface area contributed by atoms with Crippen molar-refractivity contribution >= 4 is 29.6 Å². The van der Waals surface area contributed by atoms with Crippen LogP contribution >= 0.6 is 0 Å². The van der Waals surface area contributed by atoms with Crippen LogP contribution in [0.4, 0.5) is 26.7 Å². The van der Waals surface area contributed by atoms with E-state index in [2.05, 4.69) is 15.4 Å². The largest absolute Gasteiger partial charge is 0.453 e. The molecule has 2 fully saturated rings. The number of amides is 4. The summed E-state index contributed by atoms with van der Waals surface area (Å²) in [6.07, 6.45) is -7.52. The van der Waals surface area contributed by atoms with Crippen molar-refractivity contribution < 1.29 is 50.7 Å². The predicted molar refractivity (Wildman–Crippen MR) is 117 cm³/mol. The number of nitrogens with one attached hydrogen (secondary N) is 3. The van der Waals surface area contributed by atoms with E-state index in [1.165, 1.54) is 0 Å². The number of carbonyl (C=O) groups excluding carboxylic acids is 5. The molecule has 4 amide bonds. The van der Waals surface area contributed by atoms with E-state index < -0.39 is 85.0 Å². The SMILES string of the molecule is CNC(=O)C(=O)[C@H](CCC(C)(F)F)NC(=O)[C@@H]1[C@H]2CCC[C@H]2CN1C(=O)[C@H](CC(F)(F)F)NC(=O)OC. The van der Waals surface area contributed by atoms with E-state index in [9.17, 15) is 45.9 Å². The Morgan fingerprint density at radius 1 is 1.03 bits per heavy atom. The van der Waals surface area contributed by atoms with E-state index in [0.29, 0.717) is 26.2 Å². The first-order valence-corrected chi connectivity index (χ1v) is 11.7. The summed E-state index contributed by atoms with van der Waals surface area (Å²) >= 11 is 0. The Labute approximate surface area is 210 Å². The van der Waals surface area contributed by atoms with Crippen LogP contribution in [-0.2, 0) is 23.9 Å². The van der Waals surface area contributed by atoms with Gasteiger partial charge in [0.05, 0.1) is 19.6 Å². The van der Waals surface area contributed by atoms with E-state index >= 15 is 0 Å². The number of methoxy groups -OCH3 is 1. The average Bonchev–Trinajstić information content (AvgIpc) is 3.39. The molecule has 210 valence electrons. The molecule has 0 aromatic rings. The molecule has 1 aliphatic heterocycles. The van der Waals surface area contributed by atoms with Crippen molar-refractivity contribution in [2.24, 2.45) is 11.8 Å². The number of likely N-dealkylation sites (tertiary alicyclic amines) is 1. The minimum absolute atomic E-state index is 0.0696. The van der Waals surface area contributed by atoms with Crippen LogP contribution in [0.25, 0.3) is 0 Å². The molecule has 0 unspecified atom stereocenters. The van der Waals surface area contributed by atoms with Crippen molar-refractivity contribution in [2.75, 3.05) is 20.7 Å². The Morgan fingerprint density at radius 3 is 2.22 bits per heavy atom. The third kappa shape index (κ3) is 8.25. The number of hydrogen-bond acceptors (Lipinski definition) is 6. The second kappa shape index (κ2) is 12.0. The molecule has 15 heteroatoms. The summed E-state index contributed by atoms with van der Waals surface area (Å²) in [6, 6.07) is -5.05. The lowest BCUT2D eigenvalue weighted by molar-refractivity contribution is -0.156. The maximum Gasteiger partial charge on any atom is 0.407 e. The molecule has 0 spiro atoms. The molecule has 0 aromatic carbocycles. The highest BCUT2D eigenvalue weighted by atomic mass is 19.4. The van der Waals surface area contributed by atoms with Crippen LogP contribution in [0, 0.1) is 11.8 Å². The zero-order valence-corrected chi connectivity index (χ0v) is 20.6. The molecule has 0 bridgehead atoms. The summed E-state index contributed by atoms with van der Waals surface area (Å²) < 4.78 is 70.7. The monoisotopic (exact) mass is 542 g/mol. The van der Waals surface area contributed by atoms with Crippen LogP contribution in [0.5, 0.6) is 0 Å². The van der Waals surface area contributed by atoms with Gasteiger partial charge in [0.15, 0.2) is 0 Å². The van der Waals surface area contributed by atoms with Crippen LogP contribution in [0.15, 0.2) is 0 Å². The van der Waals surface area contributed by atoms with Gasteiger partial charge in [-0.25, -0.2) is 13.6 Å². The summed E-state index contributed by atoms with van der Waals surface area (Å²) in [5.74, 6) is -8.33. The number of likely N-dealkylation sites (N-methyl/N-ethyl adjacent to an activating group) is 1. The second-order valence-corrected chi connectivity index (χ2v) is 9.41. The van der Waals surface area contributed by atoms with Crippen molar-refractivity contribution in [3.63, 3.8) is 0 Å². The minimum atomic E-state index is -4.84. The molecule has 0 aromatic heterocycles. The van der Waals surface area contributed by atoms with E-state index in [1.807, 2.05) is 5.32 Å². The number of nitrogens with zero attached hydrogens (tertiary/aromatic N) is 1. The smallest absolute Gasteiger partial charge is 0.407 e. The van der Waals surface area contributed by atoms with Crippen molar-refractivity contribution in [2.45, 2.75) is 75.7 Å². The molecule has 1 aliphatic carbocycles. The fourth-order valence-electron chi connectivity index (χ4n) is 4.91. The lowest BCUT2D eigenvalue weighted by Gasteiger charge is -2.31. The maximum atomic E-state index is 13.5. The van der Waals surface area contributed by atoms with Gasteiger partial charge >= 0.3 is 12.3 Å². The average molecular weight is 543 g/mol. The molecule has 0 radical (unpaired) electrons. The van der Waals surface area contributed by atoms with Gasteiger partial charge in [-0.3, -0.25) is 19.2 Å².